The van der Waals surface area contributed by atoms with Crippen molar-refractivity contribution in [2.24, 2.45) is 0 Å². The van der Waals surface area contributed by atoms with Gasteiger partial charge in [0, 0.05) is 6.61 Å². The highest BCUT2D eigenvalue weighted by atomic mass is 19.1. The minimum absolute atomic E-state index is 0.458. The van der Waals surface area contributed by atoms with Crippen molar-refractivity contribution in [3.8, 4) is 11.1 Å². The molecule has 2 aromatic rings. The Balaban J connectivity index is 1.93. The Morgan fingerprint density at radius 2 is 1.52 bits per heavy atom. The standard InChI is InChI=1S/C25H33FO3/c1-3-4-5-6-7-11-18-29-19(2)24(26)23(25(27)28)22-16-14-21(15-17-22)20-12-9-8-10-13-20/h8-10,12-17,19,23-24H,3-7,11,18H2,1-2H3,(H,27,28). The molecule has 29 heavy (non-hydrogen) atoms. The van der Waals surface area contributed by atoms with Crippen molar-refractivity contribution in [3.05, 3.63) is 60.2 Å². The molecule has 158 valence electrons. The molecule has 2 aromatic carbocycles. The monoisotopic (exact) mass is 400 g/mol. The summed E-state index contributed by atoms with van der Waals surface area (Å²) in [4.78, 5) is 11.8. The molecule has 0 heterocycles. The van der Waals surface area contributed by atoms with Crippen LogP contribution in [0.15, 0.2) is 54.6 Å². The van der Waals surface area contributed by atoms with Gasteiger partial charge in [-0.2, -0.15) is 0 Å². The summed E-state index contributed by atoms with van der Waals surface area (Å²) in [5.41, 5.74) is 2.47. The molecule has 4 heteroatoms. The van der Waals surface area contributed by atoms with Crippen LogP contribution in [0.25, 0.3) is 11.1 Å². The second-order valence-electron chi connectivity index (χ2n) is 7.59. The molecule has 0 amide bonds. The first-order valence-electron chi connectivity index (χ1n) is 10.7. The molecule has 0 bridgehead atoms. The Labute approximate surface area is 173 Å². The van der Waals surface area contributed by atoms with Gasteiger partial charge in [0.2, 0.25) is 0 Å². The van der Waals surface area contributed by atoms with Crippen molar-refractivity contribution in [1.29, 1.82) is 0 Å². The molecule has 0 radical (unpaired) electrons. The van der Waals surface area contributed by atoms with Crippen molar-refractivity contribution in [2.75, 3.05) is 6.61 Å². The van der Waals surface area contributed by atoms with Gasteiger partial charge in [-0.25, -0.2) is 4.39 Å². The van der Waals surface area contributed by atoms with Gasteiger partial charge in [0.1, 0.15) is 12.1 Å². The van der Waals surface area contributed by atoms with E-state index in [1.165, 1.54) is 19.3 Å². The molecule has 1 N–H and O–H groups in total. The van der Waals surface area contributed by atoms with Gasteiger partial charge in [-0.1, -0.05) is 93.6 Å². The number of ether oxygens (including phenoxy) is 1. The van der Waals surface area contributed by atoms with Crippen LogP contribution in [-0.2, 0) is 9.53 Å². The van der Waals surface area contributed by atoms with Crippen LogP contribution >= 0.6 is 0 Å². The van der Waals surface area contributed by atoms with E-state index in [1.807, 2.05) is 42.5 Å². The number of halogens is 1. The van der Waals surface area contributed by atoms with Crippen molar-refractivity contribution in [2.45, 2.75) is 70.6 Å². The Morgan fingerprint density at radius 3 is 2.14 bits per heavy atom. The van der Waals surface area contributed by atoms with Crippen LogP contribution in [0.3, 0.4) is 0 Å². The maximum atomic E-state index is 15.0. The number of hydrogen-bond acceptors (Lipinski definition) is 2. The lowest BCUT2D eigenvalue weighted by molar-refractivity contribution is -0.142. The van der Waals surface area contributed by atoms with Crippen molar-refractivity contribution < 1.29 is 19.0 Å². The molecule has 0 saturated carbocycles. The van der Waals surface area contributed by atoms with E-state index in [4.69, 9.17) is 4.74 Å². The first-order chi connectivity index (χ1) is 14.0. The van der Waals surface area contributed by atoms with Crippen molar-refractivity contribution in [3.63, 3.8) is 0 Å². The predicted molar refractivity (Wildman–Crippen MR) is 116 cm³/mol. The molecule has 0 aliphatic carbocycles. The van der Waals surface area contributed by atoms with E-state index in [1.54, 1.807) is 19.1 Å². The number of benzene rings is 2. The first-order valence-corrected chi connectivity index (χ1v) is 10.7. The van der Waals surface area contributed by atoms with E-state index in [-0.39, 0.29) is 0 Å². The zero-order chi connectivity index (χ0) is 21.1. The Hall–Kier alpha value is -2.20. The SMILES string of the molecule is CCCCCCCCOC(C)C(F)C(C(=O)O)c1ccc(-c2ccccc2)cc1. The number of aliphatic carboxylic acids is 1. The molecule has 2 rings (SSSR count). The molecular formula is C25H33FO3. The van der Waals surface area contributed by atoms with Crippen LogP contribution in [0.1, 0.15) is 63.9 Å². The van der Waals surface area contributed by atoms with Gasteiger partial charge in [-0.05, 0) is 30.0 Å². The average Bonchev–Trinajstić information content (AvgIpc) is 2.74. The summed E-state index contributed by atoms with van der Waals surface area (Å²) < 4.78 is 20.6. The minimum Gasteiger partial charge on any atom is -0.481 e. The maximum Gasteiger partial charge on any atom is 0.314 e. The van der Waals surface area contributed by atoms with E-state index in [0.29, 0.717) is 12.2 Å². The zero-order valence-corrected chi connectivity index (χ0v) is 17.5. The molecule has 3 nitrogen and oxygen atoms in total. The second kappa shape index (κ2) is 12.4. The number of alkyl halides is 1. The third-order valence-electron chi connectivity index (χ3n) is 5.29. The fourth-order valence-electron chi connectivity index (χ4n) is 3.49. The van der Waals surface area contributed by atoms with E-state index in [9.17, 15) is 14.3 Å². The zero-order valence-electron chi connectivity index (χ0n) is 17.5. The summed E-state index contributed by atoms with van der Waals surface area (Å²) in [5.74, 6) is -2.40. The number of carboxylic acid groups (broad SMARTS) is 1. The van der Waals surface area contributed by atoms with Crippen LogP contribution in [0.5, 0.6) is 0 Å². The lowest BCUT2D eigenvalue weighted by Gasteiger charge is -2.23. The number of carboxylic acids is 1. The quantitative estimate of drug-likeness (QED) is 0.384. The van der Waals surface area contributed by atoms with E-state index in [2.05, 4.69) is 6.92 Å². The van der Waals surface area contributed by atoms with Crippen molar-refractivity contribution >= 4 is 5.97 Å². The summed E-state index contributed by atoms with van der Waals surface area (Å²) in [5, 5.41) is 9.63. The highest BCUT2D eigenvalue weighted by Gasteiger charge is 2.34. The van der Waals surface area contributed by atoms with Gasteiger partial charge in [-0.3, -0.25) is 4.79 Å². The maximum absolute atomic E-state index is 15.0. The second-order valence-corrected chi connectivity index (χ2v) is 7.59. The van der Waals surface area contributed by atoms with Crippen LogP contribution in [0.4, 0.5) is 4.39 Å². The highest BCUT2D eigenvalue weighted by Crippen LogP contribution is 2.29. The Kier molecular flexibility index (Phi) is 9.85. The van der Waals surface area contributed by atoms with Crippen LogP contribution < -0.4 is 0 Å². The molecule has 3 atom stereocenters. The minimum atomic E-state index is -1.60. The van der Waals surface area contributed by atoms with Gasteiger partial charge in [-0.15, -0.1) is 0 Å². The predicted octanol–water partition coefficient (Wildman–Crippen LogP) is 6.63. The lowest BCUT2D eigenvalue weighted by atomic mass is 9.90. The summed E-state index contributed by atoms with van der Waals surface area (Å²) in [7, 11) is 0. The molecule has 0 aromatic heterocycles. The van der Waals surface area contributed by atoms with Crippen molar-refractivity contribution in [1.82, 2.24) is 0 Å². The normalized spacial score (nSPS) is 14.3. The first kappa shape index (κ1) is 23.1. The van der Waals surface area contributed by atoms with Gasteiger partial charge in [0.05, 0.1) is 6.10 Å². The number of hydrogen-bond donors (Lipinski definition) is 1. The van der Waals surface area contributed by atoms with Crippen LogP contribution in [0, 0.1) is 0 Å². The van der Waals surface area contributed by atoms with E-state index >= 15 is 0 Å². The average molecular weight is 401 g/mol. The lowest BCUT2D eigenvalue weighted by Crippen LogP contribution is -2.33. The van der Waals surface area contributed by atoms with Gasteiger partial charge in [0.25, 0.3) is 0 Å². The largest absolute Gasteiger partial charge is 0.481 e. The third-order valence-corrected chi connectivity index (χ3v) is 5.29. The van der Waals surface area contributed by atoms with E-state index in [0.717, 1.165) is 30.4 Å². The molecule has 0 spiro atoms. The summed E-state index contributed by atoms with van der Waals surface area (Å²) in [6.07, 6.45) is 4.41. The van der Waals surface area contributed by atoms with Gasteiger partial charge < -0.3 is 9.84 Å². The topological polar surface area (TPSA) is 46.5 Å². The highest BCUT2D eigenvalue weighted by molar-refractivity contribution is 5.77. The number of rotatable bonds is 13. The van der Waals surface area contributed by atoms with E-state index < -0.39 is 24.2 Å². The van der Waals surface area contributed by atoms with Gasteiger partial charge in [0.15, 0.2) is 0 Å². The van der Waals surface area contributed by atoms with Crippen LogP contribution in [0.2, 0.25) is 0 Å². The number of unbranched alkanes of at least 4 members (excludes halogenated alkanes) is 5. The van der Waals surface area contributed by atoms with Crippen LogP contribution in [-0.4, -0.2) is 30.0 Å². The molecule has 0 aliphatic rings. The fraction of sp³-hybridized carbons (Fsp3) is 0.480. The smallest absolute Gasteiger partial charge is 0.314 e. The molecular weight excluding hydrogens is 367 g/mol. The Bertz CT molecular complexity index is 715. The molecule has 3 unspecified atom stereocenters. The third kappa shape index (κ3) is 7.28. The summed E-state index contributed by atoms with van der Waals surface area (Å²) >= 11 is 0. The van der Waals surface area contributed by atoms with Gasteiger partial charge >= 0.3 is 5.97 Å². The summed E-state index contributed by atoms with van der Waals surface area (Å²) in [6.45, 7) is 4.27. The summed E-state index contributed by atoms with van der Waals surface area (Å²) in [6, 6.07) is 16.9. The molecule has 0 aliphatic heterocycles. The number of carbonyl (C=O) groups is 1. The molecule has 0 fully saturated rings. The Morgan fingerprint density at radius 1 is 0.931 bits per heavy atom. The molecule has 0 saturated heterocycles. The fourth-order valence-corrected chi connectivity index (χ4v) is 3.49.